The summed E-state index contributed by atoms with van der Waals surface area (Å²) in [5.41, 5.74) is 3.82. The molecule has 0 radical (unpaired) electrons. The number of rotatable bonds is 9. The van der Waals surface area contributed by atoms with E-state index in [1.165, 1.54) is 11.3 Å². The van der Waals surface area contributed by atoms with Crippen molar-refractivity contribution in [2.24, 2.45) is 4.99 Å². The summed E-state index contributed by atoms with van der Waals surface area (Å²) in [5.74, 6) is -0.922. The number of esters is 1. The minimum Gasteiger partial charge on any atom is -0.481 e. The summed E-state index contributed by atoms with van der Waals surface area (Å²) in [6.45, 7) is 5.67. The molecule has 43 heavy (non-hydrogen) atoms. The number of nitrogens with zero attached hydrogens (tertiary/aromatic N) is 2. The number of aromatic nitrogens is 1. The first-order valence-electron chi connectivity index (χ1n) is 13.7. The number of ether oxygens (including phenoxy) is 2. The van der Waals surface area contributed by atoms with Crippen LogP contribution in [-0.2, 0) is 14.3 Å². The van der Waals surface area contributed by atoms with Gasteiger partial charge in [-0.3, -0.25) is 9.36 Å². The van der Waals surface area contributed by atoms with Gasteiger partial charge in [-0.15, -0.1) is 0 Å². The summed E-state index contributed by atoms with van der Waals surface area (Å²) >= 11 is 4.65. The fourth-order valence-electron chi connectivity index (χ4n) is 4.83. The highest BCUT2D eigenvalue weighted by Crippen LogP contribution is 2.35. The topological polar surface area (TPSA) is 107 Å². The van der Waals surface area contributed by atoms with E-state index >= 15 is 0 Å². The first-order chi connectivity index (χ1) is 20.7. The number of thiazole rings is 1. The van der Waals surface area contributed by atoms with Crippen molar-refractivity contribution in [3.05, 3.63) is 125 Å². The number of fused-ring (bicyclic) bond motifs is 1. The van der Waals surface area contributed by atoms with Gasteiger partial charge in [-0.25, -0.2) is 14.6 Å². The highest BCUT2D eigenvalue weighted by atomic mass is 79.9. The third-order valence-corrected chi connectivity index (χ3v) is 8.50. The highest BCUT2D eigenvalue weighted by molar-refractivity contribution is 9.10. The number of carbonyl (C=O) groups is 2. The van der Waals surface area contributed by atoms with Gasteiger partial charge in [-0.05, 0) is 63.7 Å². The third-order valence-electron chi connectivity index (χ3n) is 6.90. The van der Waals surface area contributed by atoms with Crippen LogP contribution in [0.15, 0.2) is 92.6 Å². The van der Waals surface area contributed by atoms with Crippen molar-refractivity contribution in [2.45, 2.75) is 32.7 Å². The number of hydrogen-bond donors (Lipinski definition) is 1. The number of benzene rings is 3. The van der Waals surface area contributed by atoms with Crippen LogP contribution in [0.1, 0.15) is 55.0 Å². The molecule has 0 fully saturated rings. The van der Waals surface area contributed by atoms with Crippen LogP contribution in [0.25, 0.3) is 11.8 Å². The van der Waals surface area contributed by atoms with Crippen LogP contribution < -0.4 is 19.6 Å². The van der Waals surface area contributed by atoms with E-state index in [-0.39, 0.29) is 12.2 Å². The maximum atomic E-state index is 14.1. The third kappa shape index (κ3) is 6.40. The second kappa shape index (κ2) is 12.9. The molecule has 0 aliphatic carbocycles. The molecule has 0 unspecified atom stereocenters. The van der Waals surface area contributed by atoms with E-state index in [0.717, 1.165) is 16.7 Å². The second-order valence-electron chi connectivity index (χ2n) is 10.1. The Morgan fingerprint density at radius 1 is 1.09 bits per heavy atom. The monoisotopic (exact) mass is 660 g/mol. The van der Waals surface area contributed by atoms with Crippen LogP contribution in [0.3, 0.4) is 0 Å². The van der Waals surface area contributed by atoms with Gasteiger partial charge in [-0.2, -0.15) is 0 Å². The van der Waals surface area contributed by atoms with Crippen LogP contribution in [0.2, 0.25) is 0 Å². The second-order valence-corrected chi connectivity index (χ2v) is 12.0. The fourth-order valence-corrected chi connectivity index (χ4v) is 6.35. The molecule has 1 aliphatic heterocycles. The largest absolute Gasteiger partial charge is 0.481 e. The van der Waals surface area contributed by atoms with Gasteiger partial charge in [0.1, 0.15) is 5.75 Å². The molecule has 3 aromatic carbocycles. The van der Waals surface area contributed by atoms with Crippen molar-refractivity contribution >= 4 is 51.0 Å². The van der Waals surface area contributed by atoms with Crippen LogP contribution in [-0.4, -0.2) is 34.8 Å². The van der Waals surface area contributed by atoms with E-state index in [9.17, 15) is 14.4 Å². The van der Waals surface area contributed by atoms with Crippen molar-refractivity contribution in [1.29, 1.82) is 0 Å². The molecule has 10 heteroatoms. The van der Waals surface area contributed by atoms with Gasteiger partial charge in [0.15, 0.2) is 11.4 Å². The Kier molecular flexibility index (Phi) is 9.08. The molecule has 1 aromatic heterocycles. The van der Waals surface area contributed by atoms with E-state index in [0.29, 0.717) is 42.3 Å². The lowest BCUT2D eigenvalue weighted by Crippen LogP contribution is -2.40. The fraction of sp³-hybridized carbons (Fsp3) is 0.212. The average molecular weight is 662 g/mol. The molecular weight excluding hydrogens is 632 g/mol. The molecule has 0 saturated heterocycles. The van der Waals surface area contributed by atoms with E-state index < -0.39 is 24.6 Å². The lowest BCUT2D eigenvalue weighted by Gasteiger charge is -2.26. The zero-order valence-corrected chi connectivity index (χ0v) is 26.1. The Morgan fingerprint density at radius 2 is 1.81 bits per heavy atom. The van der Waals surface area contributed by atoms with Crippen molar-refractivity contribution in [1.82, 2.24) is 4.57 Å². The normalized spacial score (nSPS) is 14.8. The molecule has 2 heterocycles. The number of aliphatic carboxylic acids is 1. The molecule has 0 bridgehead atoms. The Hall–Kier alpha value is -4.28. The molecule has 0 amide bonds. The molecule has 1 aliphatic rings. The Balaban J connectivity index is 1.72. The molecule has 4 aromatic rings. The van der Waals surface area contributed by atoms with Gasteiger partial charge in [0.05, 0.1) is 32.9 Å². The van der Waals surface area contributed by atoms with Gasteiger partial charge in [-0.1, -0.05) is 85.8 Å². The molecule has 5 rings (SSSR count). The number of hydrogen-bond acceptors (Lipinski definition) is 7. The molecule has 0 saturated carbocycles. The van der Waals surface area contributed by atoms with Crippen molar-refractivity contribution in [3.8, 4) is 5.75 Å². The maximum Gasteiger partial charge on any atom is 0.341 e. The molecule has 220 valence electrons. The van der Waals surface area contributed by atoms with Crippen molar-refractivity contribution in [2.75, 3.05) is 13.2 Å². The highest BCUT2D eigenvalue weighted by Gasteiger charge is 2.35. The quantitative estimate of drug-likeness (QED) is 0.245. The van der Waals surface area contributed by atoms with Crippen LogP contribution in [0.5, 0.6) is 5.75 Å². The summed E-state index contributed by atoms with van der Waals surface area (Å²) in [6.07, 6.45) is 1.74. The Bertz CT molecular complexity index is 1890. The average Bonchev–Trinajstić information content (AvgIpc) is 3.30. The van der Waals surface area contributed by atoms with Crippen LogP contribution in [0.4, 0.5) is 0 Å². The number of carboxylic acids is 1. The lowest BCUT2D eigenvalue weighted by molar-refractivity contribution is -0.140. The van der Waals surface area contributed by atoms with Crippen LogP contribution >= 0.6 is 27.3 Å². The molecule has 8 nitrogen and oxygen atoms in total. The molecular formula is C33H29BrN2O6S. The summed E-state index contributed by atoms with van der Waals surface area (Å²) in [6, 6.07) is 21.7. The summed E-state index contributed by atoms with van der Waals surface area (Å²) < 4.78 is 13.4. The SMILES string of the molecule is CCOC(=O)C1=C(c2ccccc2)N=c2s/c(=C/c3ccc(OCC(=O)O)c(Br)c3)c(=O)n2[C@@H]1c1ccc(C(C)C)cc1. The van der Waals surface area contributed by atoms with Crippen LogP contribution in [0, 0.1) is 0 Å². The summed E-state index contributed by atoms with van der Waals surface area (Å²) in [7, 11) is 0. The maximum absolute atomic E-state index is 14.1. The zero-order valence-electron chi connectivity index (χ0n) is 23.7. The standard InChI is InChI=1S/C33H29BrN2O6S/c1-4-41-32(40)28-29(22-8-6-5-7-9-22)35-33-36(30(28)23-13-11-21(12-14-23)19(2)3)31(39)26(43-33)17-20-10-15-25(24(34)16-20)42-18-27(37)38/h5-17,19,30H,4,18H2,1-3H3,(H,37,38)/b26-17+/t30-/m1/s1. The Labute approximate surface area is 260 Å². The summed E-state index contributed by atoms with van der Waals surface area (Å²) in [5, 5.41) is 8.92. The first-order valence-corrected chi connectivity index (χ1v) is 15.3. The van der Waals surface area contributed by atoms with Gasteiger partial charge in [0, 0.05) is 5.56 Å². The number of carbonyl (C=O) groups excluding carboxylic acids is 1. The van der Waals surface area contributed by atoms with E-state index in [1.807, 2.05) is 54.6 Å². The Morgan fingerprint density at radius 3 is 2.44 bits per heavy atom. The smallest absolute Gasteiger partial charge is 0.341 e. The minimum atomic E-state index is -1.08. The van der Waals surface area contributed by atoms with Crippen molar-refractivity contribution in [3.63, 3.8) is 0 Å². The summed E-state index contributed by atoms with van der Waals surface area (Å²) in [4.78, 5) is 43.9. The van der Waals surface area contributed by atoms with Gasteiger partial charge < -0.3 is 14.6 Å². The van der Waals surface area contributed by atoms with E-state index in [4.69, 9.17) is 19.6 Å². The molecule has 1 atom stereocenters. The minimum absolute atomic E-state index is 0.175. The lowest BCUT2D eigenvalue weighted by atomic mass is 9.91. The van der Waals surface area contributed by atoms with E-state index in [1.54, 1.807) is 35.8 Å². The van der Waals surface area contributed by atoms with Crippen molar-refractivity contribution < 1.29 is 24.2 Å². The predicted molar refractivity (Wildman–Crippen MR) is 169 cm³/mol. The number of carboxylic acid groups (broad SMARTS) is 1. The molecule has 0 spiro atoms. The van der Waals surface area contributed by atoms with E-state index in [2.05, 4.69) is 29.8 Å². The first kappa shape index (κ1) is 30.2. The van der Waals surface area contributed by atoms with Gasteiger partial charge in [0.2, 0.25) is 0 Å². The van der Waals surface area contributed by atoms with Gasteiger partial charge in [0.25, 0.3) is 5.56 Å². The molecule has 1 N–H and O–H groups in total. The predicted octanol–water partition coefficient (Wildman–Crippen LogP) is 5.28. The van der Waals surface area contributed by atoms with Gasteiger partial charge >= 0.3 is 11.9 Å². The zero-order chi connectivity index (χ0) is 30.7. The number of halogens is 1.